The molecule has 2 aromatic heterocycles. The van der Waals surface area contributed by atoms with E-state index in [0.717, 1.165) is 15.6 Å². The van der Waals surface area contributed by atoms with E-state index in [0.29, 0.717) is 16.9 Å². The van der Waals surface area contributed by atoms with Crippen LogP contribution in [-0.2, 0) is 25.6 Å². The van der Waals surface area contributed by atoms with Gasteiger partial charge in [0.1, 0.15) is 12.4 Å². The van der Waals surface area contributed by atoms with Gasteiger partial charge in [0.2, 0.25) is 11.7 Å². The smallest absolute Gasteiger partial charge is 0.303 e. The van der Waals surface area contributed by atoms with E-state index in [9.17, 15) is 14.8 Å². The number of ether oxygens (including phenoxy) is 2. The summed E-state index contributed by atoms with van der Waals surface area (Å²) in [6.07, 6.45) is 0.763. The summed E-state index contributed by atoms with van der Waals surface area (Å²) in [5, 5.41) is 12.9. The summed E-state index contributed by atoms with van der Waals surface area (Å²) in [6.45, 7) is 4.60. The van der Waals surface area contributed by atoms with Crippen LogP contribution in [0.3, 0.4) is 0 Å². The fraction of sp³-hybridized carbons (Fsp3) is 0.333. The van der Waals surface area contributed by atoms with Crippen LogP contribution >= 0.6 is 0 Å². The van der Waals surface area contributed by atoms with E-state index >= 15 is 0 Å². The van der Waals surface area contributed by atoms with Crippen LogP contribution in [0.1, 0.15) is 19.7 Å². The summed E-state index contributed by atoms with van der Waals surface area (Å²) >= 11 is 0. The summed E-state index contributed by atoms with van der Waals surface area (Å²) < 4.78 is 12.9. The molecule has 8 nitrogen and oxygen atoms in total. The molecule has 3 rings (SSSR count). The van der Waals surface area contributed by atoms with Crippen LogP contribution < -0.4 is 4.73 Å². The first kappa shape index (κ1) is 17.7. The molecule has 0 saturated carbocycles. The molecule has 0 aliphatic rings. The highest BCUT2D eigenvalue weighted by Crippen LogP contribution is 2.24. The number of esters is 2. The predicted octanol–water partition coefficient (Wildman–Crippen LogP) is 1.63. The molecule has 0 N–H and O–H groups in total. The Bertz CT molecular complexity index is 995. The van der Waals surface area contributed by atoms with Crippen LogP contribution in [-0.4, -0.2) is 34.2 Å². The van der Waals surface area contributed by atoms with Crippen molar-refractivity contribution >= 4 is 33.9 Å². The highest BCUT2D eigenvalue weighted by atomic mass is 16.6. The first-order chi connectivity index (χ1) is 12.4. The maximum atomic E-state index is 12.2. The van der Waals surface area contributed by atoms with Crippen molar-refractivity contribution in [1.82, 2.24) is 9.55 Å². The molecule has 0 spiro atoms. The van der Waals surface area contributed by atoms with Gasteiger partial charge in [-0.25, -0.2) is 4.98 Å². The number of nitrogens with zero attached hydrogens (tertiary/aromatic N) is 3. The molecule has 0 bridgehead atoms. The maximum absolute atomic E-state index is 12.2. The Kier molecular flexibility index (Phi) is 4.75. The standard InChI is InChI=1S/C18H19N3O5/c1-11-19-16-9-21(24)17-7-5-4-6-15(17)18(16)20(11)8-14(26-13(3)23)10-25-12(2)22/h4-7,9,14H,8,10H2,1-3H3. The van der Waals surface area contributed by atoms with E-state index in [1.165, 1.54) is 20.0 Å². The SMILES string of the molecule is CC(=O)OCC(Cn1c(C)nc2c[n+]([O-])c3ccccc3c21)OC(C)=O. The van der Waals surface area contributed by atoms with Gasteiger partial charge < -0.3 is 19.2 Å². The monoisotopic (exact) mass is 357 g/mol. The first-order valence-corrected chi connectivity index (χ1v) is 8.15. The Morgan fingerprint density at radius 3 is 2.69 bits per heavy atom. The van der Waals surface area contributed by atoms with E-state index in [2.05, 4.69) is 4.98 Å². The van der Waals surface area contributed by atoms with E-state index in [4.69, 9.17) is 9.47 Å². The van der Waals surface area contributed by atoms with Crippen molar-refractivity contribution < 1.29 is 23.8 Å². The second kappa shape index (κ2) is 6.99. The molecule has 1 atom stereocenters. The molecule has 0 saturated heterocycles. The molecule has 0 aliphatic heterocycles. The van der Waals surface area contributed by atoms with Crippen LogP contribution in [0.4, 0.5) is 0 Å². The molecule has 1 unspecified atom stereocenters. The Labute approximate surface area is 149 Å². The molecule has 26 heavy (non-hydrogen) atoms. The Hall–Kier alpha value is -3.16. The minimum absolute atomic E-state index is 0.0552. The maximum Gasteiger partial charge on any atom is 0.303 e. The lowest BCUT2D eigenvalue weighted by molar-refractivity contribution is -0.575. The van der Waals surface area contributed by atoms with Crippen molar-refractivity contribution in [3.05, 3.63) is 41.5 Å². The van der Waals surface area contributed by atoms with E-state index < -0.39 is 18.0 Å². The van der Waals surface area contributed by atoms with Gasteiger partial charge in [-0.1, -0.05) is 12.1 Å². The lowest BCUT2D eigenvalue weighted by atomic mass is 10.2. The summed E-state index contributed by atoms with van der Waals surface area (Å²) in [6, 6.07) is 7.21. The van der Waals surface area contributed by atoms with Gasteiger partial charge in [-0.3, -0.25) is 9.59 Å². The lowest BCUT2D eigenvalue weighted by Crippen LogP contribution is -2.29. The molecule has 0 radical (unpaired) electrons. The molecule has 2 heterocycles. The molecule has 0 amide bonds. The highest BCUT2D eigenvalue weighted by molar-refractivity contribution is 6.00. The van der Waals surface area contributed by atoms with E-state index in [-0.39, 0.29) is 13.2 Å². The molecule has 0 aliphatic carbocycles. The van der Waals surface area contributed by atoms with Crippen molar-refractivity contribution in [2.45, 2.75) is 33.4 Å². The zero-order valence-electron chi connectivity index (χ0n) is 14.8. The number of aromatic nitrogens is 3. The Balaban J connectivity index is 2.08. The summed E-state index contributed by atoms with van der Waals surface area (Å²) in [5.41, 5.74) is 1.83. The van der Waals surface area contributed by atoms with Gasteiger partial charge in [0, 0.05) is 19.9 Å². The van der Waals surface area contributed by atoms with Gasteiger partial charge in [-0.2, -0.15) is 4.73 Å². The van der Waals surface area contributed by atoms with Gasteiger partial charge >= 0.3 is 11.9 Å². The molecular weight excluding hydrogens is 338 g/mol. The normalized spacial score (nSPS) is 12.3. The molecule has 8 heteroatoms. The third kappa shape index (κ3) is 3.44. The minimum atomic E-state index is -0.661. The highest BCUT2D eigenvalue weighted by Gasteiger charge is 2.21. The number of rotatable bonds is 5. The Morgan fingerprint density at radius 2 is 2.00 bits per heavy atom. The van der Waals surface area contributed by atoms with Gasteiger partial charge in [0.05, 0.1) is 17.4 Å². The second-order valence-electron chi connectivity index (χ2n) is 6.01. The summed E-state index contributed by atoms with van der Waals surface area (Å²) in [4.78, 5) is 27.0. The van der Waals surface area contributed by atoms with Crippen molar-refractivity contribution in [1.29, 1.82) is 0 Å². The molecular formula is C18H19N3O5. The van der Waals surface area contributed by atoms with Crippen LogP contribution in [0, 0.1) is 12.1 Å². The van der Waals surface area contributed by atoms with Crippen LogP contribution in [0.2, 0.25) is 0 Å². The number of pyridine rings is 1. The number of hydrogen-bond acceptors (Lipinski definition) is 6. The van der Waals surface area contributed by atoms with Gasteiger partial charge in [-0.15, -0.1) is 0 Å². The van der Waals surface area contributed by atoms with Crippen molar-refractivity contribution in [2.75, 3.05) is 6.61 Å². The minimum Gasteiger partial charge on any atom is -0.618 e. The first-order valence-electron chi connectivity index (χ1n) is 8.15. The van der Waals surface area contributed by atoms with Gasteiger partial charge in [-0.05, 0) is 13.0 Å². The van der Waals surface area contributed by atoms with Crippen molar-refractivity contribution in [3.8, 4) is 0 Å². The number of hydrogen-bond donors (Lipinski definition) is 0. The topological polar surface area (TPSA) is 97.4 Å². The second-order valence-corrected chi connectivity index (χ2v) is 6.01. The molecule has 0 fully saturated rings. The quantitative estimate of drug-likeness (QED) is 0.391. The predicted molar refractivity (Wildman–Crippen MR) is 93.1 cm³/mol. The number of benzene rings is 1. The third-order valence-corrected chi connectivity index (χ3v) is 4.01. The zero-order valence-corrected chi connectivity index (χ0v) is 14.8. The van der Waals surface area contributed by atoms with Gasteiger partial charge in [0.25, 0.3) is 0 Å². The Morgan fingerprint density at radius 1 is 1.27 bits per heavy atom. The van der Waals surface area contributed by atoms with Crippen LogP contribution in [0.25, 0.3) is 21.9 Å². The fourth-order valence-electron chi connectivity index (χ4n) is 3.00. The summed E-state index contributed by atoms with van der Waals surface area (Å²) in [7, 11) is 0. The van der Waals surface area contributed by atoms with E-state index in [1.54, 1.807) is 19.1 Å². The average molecular weight is 357 g/mol. The van der Waals surface area contributed by atoms with Gasteiger partial charge in [0.15, 0.2) is 11.6 Å². The van der Waals surface area contributed by atoms with Crippen LogP contribution in [0.15, 0.2) is 30.5 Å². The number of carbonyl (C=O) groups is 2. The summed E-state index contributed by atoms with van der Waals surface area (Å²) in [5.74, 6) is -0.255. The van der Waals surface area contributed by atoms with Crippen molar-refractivity contribution in [3.63, 3.8) is 0 Å². The number of carbonyl (C=O) groups excluding carboxylic acids is 2. The van der Waals surface area contributed by atoms with Crippen molar-refractivity contribution in [2.24, 2.45) is 0 Å². The largest absolute Gasteiger partial charge is 0.618 e. The number of aryl methyl sites for hydroxylation is 1. The molecule has 3 aromatic rings. The average Bonchev–Trinajstić information content (AvgIpc) is 2.88. The fourth-order valence-corrected chi connectivity index (χ4v) is 3.00. The number of imidazole rings is 1. The lowest BCUT2D eigenvalue weighted by Gasteiger charge is -2.19. The van der Waals surface area contributed by atoms with E-state index in [1.807, 2.05) is 16.7 Å². The molecule has 136 valence electrons. The van der Waals surface area contributed by atoms with Crippen LogP contribution in [0.5, 0.6) is 0 Å². The molecule has 1 aromatic carbocycles. The number of fused-ring (bicyclic) bond motifs is 3. The zero-order chi connectivity index (χ0) is 18.8. The number of para-hydroxylation sites is 1. The third-order valence-electron chi connectivity index (χ3n) is 4.01.